The van der Waals surface area contributed by atoms with Crippen molar-refractivity contribution in [2.45, 2.75) is 81.9 Å². The van der Waals surface area contributed by atoms with Crippen molar-refractivity contribution in [2.75, 3.05) is 26.2 Å². The number of aromatic carboxylic acids is 1. The third kappa shape index (κ3) is 5.76. The molecule has 0 spiro atoms. The minimum absolute atomic E-state index is 0.349. The summed E-state index contributed by atoms with van der Waals surface area (Å²) in [6.07, 6.45) is 8.88. The summed E-state index contributed by atoms with van der Waals surface area (Å²) in [4.78, 5) is 28.5. The van der Waals surface area contributed by atoms with Crippen molar-refractivity contribution < 1.29 is 24.9 Å². The first-order valence-corrected chi connectivity index (χ1v) is 12.6. The second kappa shape index (κ2) is 11.0. The maximum Gasteiger partial charge on any atom is 0.335 e. The molecular weight excluding hydrogens is 420 g/mol. The average Bonchev–Trinajstić information content (AvgIpc) is 3.07. The fraction of sp³-hybridized carbons (Fsp3) is 0.692. The number of hydrogen-bond donors (Lipinski definition) is 3. The molecule has 7 heteroatoms. The maximum absolute atomic E-state index is 12.8. The largest absolute Gasteiger partial charge is 0.478 e. The molecule has 1 unspecified atom stereocenters. The van der Waals surface area contributed by atoms with E-state index in [9.17, 15) is 24.9 Å². The van der Waals surface area contributed by atoms with Gasteiger partial charge in [-0.3, -0.25) is 9.69 Å². The Kier molecular flexibility index (Phi) is 8.04. The van der Waals surface area contributed by atoms with Gasteiger partial charge >= 0.3 is 5.97 Å². The Morgan fingerprint density at radius 2 is 1.76 bits per heavy atom. The molecule has 0 radical (unpaired) electrons. The number of carboxylic acids is 1. The van der Waals surface area contributed by atoms with E-state index in [1.165, 1.54) is 19.3 Å². The van der Waals surface area contributed by atoms with Gasteiger partial charge in [-0.05, 0) is 68.1 Å². The quantitative estimate of drug-likeness (QED) is 0.526. The number of amides is 1. The molecule has 1 amide bonds. The molecule has 1 aliphatic carbocycles. The lowest BCUT2D eigenvalue weighted by molar-refractivity contribution is -0.143. The van der Waals surface area contributed by atoms with E-state index < -0.39 is 18.7 Å². The second-order valence-electron chi connectivity index (χ2n) is 10.2. The molecule has 0 aromatic heterocycles. The lowest BCUT2D eigenvalue weighted by Crippen LogP contribution is -2.50. The van der Waals surface area contributed by atoms with E-state index in [0.717, 1.165) is 50.6 Å². The standard InChI is InChI=1S/C26H38N2O5/c29-17-24(30)25(31)27(16-18-5-2-1-3-6-18)11-12-28-22-9-10-23(28)15-21(14-22)19-7-4-8-20(13-19)26(32)33/h4,7-8,13,18,21-24,29-30H,1-3,5-6,9-12,14-17H2,(H,32,33)/t21?,22-,23+,24-/m0/s1. The summed E-state index contributed by atoms with van der Waals surface area (Å²) in [7, 11) is 0. The molecule has 182 valence electrons. The Hall–Kier alpha value is -1.96. The number of aliphatic hydroxyl groups excluding tert-OH is 2. The van der Waals surface area contributed by atoms with Gasteiger partial charge in [-0.1, -0.05) is 31.4 Å². The number of fused-ring (bicyclic) bond motifs is 2. The van der Waals surface area contributed by atoms with Crippen LogP contribution in [0.25, 0.3) is 0 Å². The number of hydrogen-bond acceptors (Lipinski definition) is 5. The van der Waals surface area contributed by atoms with Crippen molar-refractivity contribution in [1.82, 2.24) is 9.80 Å². The Bertz CT molecular complexity index is 811. The van der Waals surface area contributed by atoms with Crippen LogP contribution >= 0.6 is 0 Å². The predicted molar refractivity (Wildman–Crippen MR) is 125 cm³/mol. The van der Waals surface area contributed by atoms with Crippen molar-refractivity contribution in [1.29, 1.82) is 0 Å². The fourth-order valence-electron chi connectivity index (χ4n) is 6.33. The van der Waals surface area contributed by atoms with Crippen LogP contribution in [-0.2, 0) is 4.79 Å². The summed E-state index contributed by atoms with van der Waals surface area (Å²) in [5.74, 6) is -0.382. The number of aliphatic hydroxyl groups is 2. The molecule has 3 aliphatic rings. The first-order chi connectivity index (χ1) is 16.0. The van der Waals surface area contributed by atoms with Crippen LogP contribution in [0, 0.1) is 5.92 Å². The van der Waals surface area contributed by atoms with Gasteiger partial charge in [-0.15, -0.1) is 0 Å². The van der Waals surface area contributed by atoms with E-state index in [1.54, 1.807) is 11.0 Å². The molecule has 3 N–H and O–H groups in total. The van der Waals surface area contributed by atoms with Crippen LogP contribution in [0.3, 0.4) is 0 Å². The number of nitrogens with zero attached hydrogens (tertiary/aromatic N) is 2. The highest BCUT2D eigenvalue weighted by molar-refractivity contribution is 5.87. The third-order valence-corrected chi connectivity index (χ3v) is 8.09. The van der Waals surface area contributed by atoms with Crippen LogP contribution in [0.5, 0.6) is 0 Å². The summed E-state index contributed by atoms with van der Waals surface area (Å²) >= 11 is 0. The topological polar surface area (TPSA) is 101 Å². The van der Waals surface area contributed by atoms with Gasteiger partial charge in [0.1, 0.15) is 0 Å². The zero-order valence-electron chi connectivity index (χ0n) is 19.4. The van der Waals surface area contributed by atoms with Crippen LogP contribution < -0.4 is 0 Å². The maximum atomic E-state index is 12.8. The molecule has 1 aromatic carbocycles. The summed E-state index contributed by atoms with van der Waals surface area (Å²) in [6.45, 7) is 1.50. The van der Waals surface area contributed by atoms with Crippen molar-refractivity contribution in [2.24, 2.45) is 5.92 Å². The normalized spacial score (nSPS) is 26.8. The Balaban J connectivity index is 1.38. The van der Waals surface area contributed by atoms with E-state index in [0.29, 0.717) is 42.6 Å². The number of carbonyl (C=O) groups excluding carboxylic acids is 1. The Labute approximate surface area is 196 Å². The molecule has 2 heterocycles. The minimum Gasteiger partial charge on any atom is -0.478 e. The summed E-state index contributed by atoms with van der Waals surface area (Å²) in [6, 6.07) is 8.24. The van der Waals surface area contributed by atoms with Crippen LogP contribution in [0.1, 0.15) is 79.6 Å². The zero-order chi connectivity index (χ0) is 23.4. The van der Waals surface area contributed by atoms with Crippen LogP contribution in [0.15, 0.2) is 24.3 Å². The van der Waals surface area contributed by atoms with Gasteiger partial charge in [-0.2, -0.15) is 0 Å². The molecule has 33 heavy (non-hydrogen) atoms. The van der Waals surface area contributed by atoms with Crippen molar-refractivity contribution in [3.63, 3.8) is 0 Å². The molecule has 2 saturated heterocycles. The van der Waals surface area contributed by atoms with Crippen LogP contribution in [-0.4, -0.2) is 81.4 Å². The SMILES string of the molecule is O=C(O)c1cccc(C2C[C@H]3CC[C@@H](C2)N3CCN(CC2CCCCC2)C(=O)[C@@H](O)CO)c1. The summed E-state index contributed by atoms with van der Waals surface area (Å²) in [5, 5.41) is 28.7. The molecule has 2 aliphatic heterocycles. The van der Waals surface area contributed by atoms with Gasteiger partial charge in [0.25, 0.3) is 5.91 Å². The predicted octanol–water partition coefficient (Wildman–Crippen LogP) is 2.86. The first-order valence-electron chi connectivity index (χ1n) is 12.6. The summed E-state index contributed by atoms with van der Waals surface area (Å²) < 4.78 is 0. The number of carboxylic acid groups (broad SMARTS) is 1. The molecule has 4 atom stereocenters. The molecule has 2 bridgehead atoms. The lowest BCUT2D eigenvalue weighted by atomic mass is 9.84. The molecule has 7 nitrogen and oxygen atoms in total. The van der Waals surface area contributed by atoms with Crippen LogP contribution in [0.4, 0.5) is 0 Å². The first kappa shape index (κ1) is 24.2. The molecule has 3 fully saturated rings. The van der Waals surface area contributed by atoms with Crippen LogP contribution in [0.2, 0.25) is 0 Å². The van der Waals surface area contributed by atoms with Gasteiger partial charge in [0.05, 0.1) is 12.2 Å². The lowest BCUT2D eigenvalue weighted by Gasteiger charge is -2.40. The molecular formula is C26H38N2O5. The van der Waals surface area contributed by atoms with Gasteiger partial charge in [0, 0.05) is 31.7 Å². The number of piperidine rings is 1. The number of rotatable bonds is 9. The second-order valence-corrected chi connectivity index (χ2v) is 10.2. The minimum atomic E-state index is -1.34. The highest BCUT2D eigenvalue weighted by Gasteiger charge is 2.41. The molecule has 4 rings (SSSR count). The van der Waals surface area contributed by atoms with E-state index in [4.69, 9.17) is 0 Å². The smallest absolute Gasteiger partial charge is 0.335 e. The van der Waals surface area contributed by atoms with E-state index in [-0.39, 0.29) is 5.91 Å². The monoisotopic (exact) mass is 458 g/mol. The Morgan fingerprint density at radius 1 is 1.06 bits per heavy atom. The molecule has 1 saturated carbocycles. The van der Waals surface area contributed by atoms with Crippen molar-refractivity contribution >= 4 is 11.9 Å². The Morgan fingerprint density at radius 3 is 2.39 bits per heavy atom. The third-order valence-electron chi connectivity index (χ3n) is 8.09. The fourth-order valence-corrected chi connectivity index (χ4v) is 6.33. The highest BCUT2D eigenvalue weighted by Crippen LogP contribution is 2.43. The average molecular weight is 459 g/mol. The van der Waals surface area contributed by atoms with Gasteiger partial charge in [-0.25, -0.2) is 4.79 Å². The summed E-state index contributed by atoms with van der Waals surface area (Å²) in [5.41, 5.74) is 1.47. The molecule has 1 aromatic rings. The van der Waals surface area contributed by atoms with Crippen molar-refractivity contribution in [3.05, 3.63) is 35.4 Å². The number of benzene rings is 1. The highest BCUT2D eigenvalue weighted by atomic mass is 16.4. The number of carbonyl (C=O) groups is 2. The van der Waals surface area contributed by atoms with E-state index in [1.807, 2.05) is 18.2 Å². The van der Waals surface area contributed by atoms with Gasteiger partial charge < -0.3 is 20.2 Å². The van der Waals surface area contributed by atoms with Crippen molar-refractivity contribution in [3.8, 4) is 0 Å². The van der Waals surface area contributed by atoms with Gasteiger partial charge in [0.15, 0.2) is 6.10 Å². The van der Waals surface area contributed by atoms with E-state index in [2.05, 4.69) is 4.90 Å². The zero-order valence-corrected chi connectivity index (χ0v) is 19.4. The van der Waals surface area contributed by atoms with Gasteiger partial charge in [0.2, 0.25) is 0 Å². The van der Waals surface area contributed by atoms with E-state index >= 15 is 0 Å².